The Labute approximate surface area is 148 Å². The summed E-state index contributed by atoms with van der Waals surface area (Å²) in [6.45, 7) is 6.79. The van der Waals surface area contributed by atoms with Crippen LogP contribution in [0.3, 0.4) is 0 Å². The topological polar surface area (TPSA) is 73.3 Å². The highest BCUT2D eigenvalue weighted by Crippen LogP contribution is 2.15. The lowest BCUT2D eigenvalue weighted by atomic mass is 10.1. The van der Waals surface area contributed by atoms with Crippen LogP contribution >= 0.6 is 15.9 Å². The van der Waals surface area contributed by atoms with Crippen molar-refractivity contribution >= 4 is 15.9 Å². The Hall–Kier alpha value is -1.70. The van der Waals surface area contributed by atoms with Gasteiger partial charge >= 0.3 is 5.69 Å². The highest BCUT2D eigenvalue weighted by Gasteiger charge is 2.07. The molecule has 1 aromatic carbocycles. The molecule has 0 bridgehead atoms. The lowest BCUT2D eigenvalue weighted by molar-refractivity contribution is 0.0113. The van der Waals surface area contributed by atoms with Gasteiger partial charge in [0.05, 0.1) is 19.8 Å². The first-order valence-electron chi connectivity index (χ1n) is 7.60. The maximum atomic E-state index is 11.8. The molecule has 1 heterocycles. The third-order valence-corrected chi connectivity index (χ3v) is 4.17. The third-order valence-electron chi connectivity index (χ3n) is 3.72. The number of aryl methyl sites for hydroxylation is 1. The van der Waals surface area contributed by atoms with Crippen LogP contribution in [0.2, 0.25) is 0 Å². The fraction of sp³-hybridized carbons (Fsp3) is 0.412. The standard InChI is InChI=1S/C17H21BrN2O4/c1-11-6-14(8-15(18)7-11)9-23-4-5-24-10-20-13(3)12(2)16(21)19-17(20)22/h6-8H,4-5,9-10H2,1-3H3,(H,19,21,22). The molecule has 0 aliphatic rings. The summed E-state index contributed by atoms with van der Waals surface area (Å²) in [7, 11) is 0. The second-order valence-corrected chi connectivity index (χ2v) is 6.54. The van der Waals surface area contributed by atoms with Gasteiger partial charge in [0, 0.05) is 15.7 Å². The average molecular weight is 397 g/mol. The van der Waals surface area contributed by atoms with Crippen LogP contribution in [0.5, 0.6) is 0 Å². The number of ether oxygens (including phenoxy) is 2. The van der Waals surface area contributed by atoms with Crippen molar-refractivity contribution in [3.05, 3.63) is 65.9 Å². The molecule has 1 aromatic heterocycles. The minimum atomic E-state index is -0.464. The van der Waals surface area contributed by atoms with E-state index >= 15 is 0 Å². The molecule has 0 saturated heterocycles. The van der Waals surface area contributed by atoms with Crippen molar-refractivity contribution in [3.8, 4) is 0 Å². The molecule has 0 atom stereocenters. The Morgan fingerprint density at radius 1 is 1.08 bits per heavy atom. The zero-order valence-corrected chi connectivity index (χ0v) is 15.6. The number of aromatic nitrogens is 2. The van der Waals surface area contributed by atoms with E-state index in [1.807, 2.05) is 19.1 Å². The molecule has 2 aromatic rings. The molecule has 1 N–H and O–H groups in total. The predicted octanol–water partition coefficient (Wildman–Crippen LogP) is 2.42. The number of aromatic amines is 1. The van der Waals surface area contributed by atoms with Crippen molar-refractivity contribution in [3.63, 3.8) is 0 Å². The Balaban J connectivity index is 1.79. The summed E-state index contributed by atoms with van der Waals surface area (Å²) in [5, 5.41) is 0. The van der Waals surface area contributed by atoms with Crippen molar-refractivity contribution in [2.45, 2.75) is 34.1 Å². The van der Waals surface area contributed by atoms with Gasteiger partial charge in [-0.3, -0.25) is 14.3 Å². The summed E-state index contributed by atoms with van der Waals surface area (Å²) in [5.41, 5.74) is 2.55. The monoisotopic (exact) mass is 396 g/mol. The van der Waals surface area contributed by atoms with Gasteiger partial charge in [0.1, 0.15) is 6.73 Å². The predicted molar refractivity (Wildman–Crippen MR) is 95.3 cm³/mol. The summed E-state index contributed by atoms with van der Waals surface area (Å²) in [5.74, 6) is 0. The van der Waals surface area contributed by atoms with Gasteiger partial charge in [-0.15, -0.1) is 0 Å². The van der Waals surface area contributed by atoms with E-state index in [0.29, 0.717) is 31.1 Å². The van der Waals surface area contributed by atoms with E-state index in [2.05, 4.69) is 27.0 Å². The van der Waals surface area contributed by atoms with Crippen LogP contribution in [0, 0.1) is 20.8 Å². The van der Waals surface area contributed by atoms with Crippen molar-refractivity contribution in [1.29, 1.82) is 0 Å². The normalized spacial score (nSPS) is 11.0. The van der Waals surface area contributed by atoms with E-state index in [-0.39, 0.29) is 12.3 Å². The van der Waals surface area contributed by atoms with E-state index in [1.54, 1.807) is 13.8 Å². The first kappa shape index (κ1) is 18.6. The molecule has 6 nitrogen and oxygen atoms in total. The second-order valence-electron chi connectivity index (χ2n) is 5.62. The molecule has 24 heavy (non-hydrogen) atoms. The zero-order valence-electron chi connectivity index (χ0n) is 14.0. The summed E-state index contributed by atoms with van der Waals surface area (Å²) >= 11 is 3.46. The van der Waals surface area contributed by atoms with Gasteiger partial charge in [-0.25, -0.2) is 4.79 Å². The Kier molecular flexibility index (Phi) is 6.53. The smallest absolute Gasteiger partial charge is 0.330 e. The number of nitrogens with one attached hydrogen (secondary N) is 1. The van der Waals surface area contributed by atoms with Crippen LogP contribution in [0.1, 0.15) is 22.4 Å². The van der Waals surface area contributed by atoms with E-state index in [0.717, 1.165) is 10.0 Å². The summed E-state index contributed by atoms with van der Waals surface area (Å²) in [6, 6.07) is 6.12. The fourth-order valence-electron chi connectivity index (χ4n) is 2.29. The van der Waals surface area contributed by atoms with E-state index in [9.17, 15) is 9.59 Å². The number of halogens is 1. The van der Waals surface area contributed by atoms with Gasteiger partial charge in [-0.05, 0) is 44.0 Å². The molecule has 0 radical (unpaired) electrons. The molecule has 0 spiro atoms. The molecule has 0 aliphatic carbocycles. The lowest BCUT2D eigenvalue weighted by Crippen LogP contribution is -2.34. The molecular weight excluding hydrogens is 376 g/mol. The highest BCUT2D eigenvalue weighted by atomic mass is 79.9. The molecule has 0 fully saturated rings. The summed E-state index contributed by atoms with van der Waals surface area (Å²) in [4.78, 5) is 25.5. The van der Waals surface area contributed by atoms with Gasteiger partial charge in [-0.2, -0.15) is 0 Å². The van der Waals surface area contributed by atoms with Gasteiger partial charge in [0.2, 0.25) is 0 Å². The van der Waals surface area contributed by atoms with Crippen molar-refractivity contribution in [2.75, 3.05) is 13.2 Å². The molecule has 0 amide bonds. The number of benzene rings is 1. The van der Waals surface area contributed by atoms with Crippen LogP contribution < -0.4 is 11.2 Å². The van der Waals surface area contributed by atoms with Gasteiger partial charge < -0.3 is 9.47 Å². The highest BCUT2D eigenvalue weighted by molar-refractivity contribution is 9.10. The van der Waals surface area contributed by atoms with Crippen LogP contribution in [-0.2, 0) is 22.8 Å². The average Bonchev–Trinajstić information content (AvgIpc) is 2.50. The molecule has 7 heteroatoms. The molecular formula is C17H21BrN2O4. The molecule has 0 unspecified atom stereocenters. The van der Waals surface area contributed by atoms with Crippen LogP contribution in [0.25, 0.3) is 0 Å². The number of hydrogen-bond donors (Lipinski definition) is 1. The van der Waals surface area contributed by atoms with Crippen LogP contribution in [0.4, 0.5) is 0 Å². The van der Waals surface area contributed by atoms with Crippen molar-refractivity contribution < 1.29 is 9.47 Å². The van der Waals surface area contributed by atoms with Gasteiger partial charge in [-0.1, -0.05) is 22.0 Å². The third kappa shape index (κ3) is 4.90. The second kappa shape index (κ2) is 8.41. The fourth-order valence-corrected chi connectivity index (χ4v) is 2.95. The minimum absolute atomic E-state index is 0.0850. The van der Waals surface area contributed by atoms with Crippen molar-refractivity contribution in [1.82, 2.24) is 9.55 Å². The summed E-state index contributed by atoms with van der Waals surface area (Å²) in [6.07, 6.45) is 0. The number of nitrogens with zero attached hydrogens (tertiary/aromatic N) is 1. The number of hydrogen-bond acceptors (Lipinski definition) is 4. The molecule has 0 saturated carbocycles. The number of rotatable bonds is 7. The van der Waals surface area contributed by atoms with Crippen LogP contribution in [-0.4, -0.2) is 22.8 Å². The van der Waals surface area contributed by atoms with Crippen molar-refractivity contribution in [2.24, 2.45) is 0 Å². The first-order valence-corrected chi connectivity index (χ1v) is 8.39. The van der Waals surface area contributed by atoms with Gasteiger partial charge in [0.15, 0.2) is 0 Å². The molecule has 2 rings (SSSR count). The Morgan fingerprint density at radius 2 is 1.79 bits per heavy atom. The van der Waals surface area contributed by atoms with Gasteiger partial charge in [0.25, 0.3) is 5.56 Å². The van der Waals surface area contributed by atoms with E-state index in [1.165, 1.54) is 10.1 Å². The largest absolute Gasteiger partial charge is 0.374 e. The lowest BCUT2D eigenvalue weighted by Gasteiger charge is -2.12. The minimum Gasteiger partial charge on any atom is -0.374 e. The maximum Gasteiger partial charge on any atom is 0.330 e. The first-order chi connectivity index (χ1) is 11.4. The molecule has 0 aliphatic heterocycles. The Morgan fingerprint density at radius 3 is 2.50 bits per heavy atom. The van der Waals surface area contributed by atoms with E-state index in [4.69, 9.17) is 9.47 Å². The molecule has 130 valence electrons. The summed E-state index contributed by atoms with van der Waals surface area (Å²) < 4.78 is 13.5. The van der Waals surface area contributed by atoms with Crippen LogP contribution in [0.15, 0.2) is 32.3 Å². The van der Waals surface area contributed by atoms with E-state index < -0.39 is 5.69 Å². The SMILES string of the molecule is Cc1cc(Br)cc(COCCOCn2c(C)c(C)c(=O)[nH]c2=O)c1. The Bertz CT molecular complexity index is 806. The zero-order chi connectivity index (χ0) is 17.7. The quantitative estimate of drug-likeness (QED) is 0.729. The maximum absolute atomic E-state index is 11.8. The number of H-pyrrole nitrogens is 1.